The maximum absolute atomic E-state index is 12.2. The highest BCUT2D eigenvalue weighted by molar-refractivity contribution is 5.94. The molecule has 0 aliphatic carbocycles. The zero-order valence-electron chi connectivity index (χ0n) is 12.8. The third-order valence-electron chi connectivity index (χ3n) is 2.88. The molecule has 5 heteroatoms. The second-order valence-corrected chi connectivity index (χ2v) is 5.40. The highest BCUT2D eigenvalue weighted by Gasteiger charge is 2.19. The summed E-state index contributed by atoms with van der Waals surface area (Å²) in [6.07, 6.45) is 1.78. The summed E-state index contributed by atoms with van der Waals surface area (Å²) in [6, 6.07) is 3.39. The van der Waals surface area contributed by atoms with Gasteiger partial charge in [-0.25, -0.2) is 4.98 Å². The van der Waals surface area contributed by atoms with Crippen LogP contribution in [0.2, 0.25) is 0 Å². The number of hydrogen-bond donors (Lipinski definition) is 2. The third-order valence-corrected chi connectivity index (χ3v) is 2.88. The molecule has 0 radical (unpaired) electrons. The molecule has 0 aliphatic rings. The first-order valence-corrected chi connectivity index (χ1v) is 7.06. The number of nitrogens with zero attached hydrogens (tertiary/aromatic N) is 1. The molecule has 0 saturated heterocycles. The van der Waals surface area contributed by atoms with Gasteiger partial charge in [-0.15, -0.1) is 0 Å². The van der Waals surface area contributed by atoms with E-state index in [0.717, 1.165) is 18.5 Å². The van der Waals surface area contributed by atoms with E-state index in [1.165, 1.54) is 0 Å². The van der Waals surface area contributed by atoms with Crippen LogP contribution in [0.25, 0.3) is 0 Å². The van der Waals surface area contributed by atoms with Crippen molar-refractivity contribution in [2.45, 2.75) is 46.1 Å². The molecule has 1 rings (SSSR count). The van der Waals surface area contributed by atoms with Gasteiger partial charge < -0.3 is 15.8 Å². The van der Waals surface area contributed by atoms with Gasteiger partial charge in [0.15, 0.2) is 0 Å². The summed E-state index contributed by atoms with van der Waals surface area (Å²) in [5.74, 6) is 0.231. The lowest BCUT2D eigenvalue weighted by molar-refractivity contribution is -0.00815. The highest BCUT2D eigenvalue weighted by Crippen LogP contribution is 2.11. The van der Waals surface area contributed by atoms with E-state index in [2.05, 4.69) is 17.2 Å². The molecular weight excluding hydrogens is 254 g/mol. The van der Waals surface area contributed by atoms with Crippen LogP contribution in [0, 0.1) is 0 Å². The smallest absolute Gasteiger partial charge is 0.251 e. The van der Waals surface area contributed by atoms with Crippen molar-refractivity contribution < 1.29 is 9.53 Å². The minimum Gasteiger partial charge on any atom is -0.384 e. The van der Waals surface area contributed by atoms with Crippen molar-refractivity contribution in [3.8, 4) is 0 Å². The summed E-state index contributed by atoms with van der Waals surface area (Å²) < 4.78 is 5.55. The fourth-order valence-electron chi connectivity index (χ4n) is 1.96. The quantitative estimate of drug-likeness (QED) is 0.802. The summed E-state index contributed by atoms with van der Waals surface area (Å²) in [5.41, 5.74) is 6.76. The molecule has 1 aromatic rings. The van der Waals surface area contributed by atoms with Crippen LogP contribution >= 0.6 is 0 Å². The lowest BCUT2D eigenvalue weighted by atomic mass is 10.1. The number of nitrogens with two attached hydrogens (primary N) is 1. The van der Waals surface area contributed by atoms with Gasteiger partial charge in [-0.05, 0) is 39.3 Å². The van der Waals surface area contributed by atoms with Gasteiger partial charge in [-0.1, -0.05) is 13.3 Å². The Hall–Kier alpha value is -1.62. The first-order valence-electron chi connectivity index (χ1n) is 7.06. The summed E-state index contributed by atoms with van der Waals surface area (Å²) >= 11 is 0. The van der Waals surface area contributed by atoms with Crippen molar-refractivity contribution in [3.63, 3.8) is 0 Å². The molecule has 0 spiro atoms. The second-order valence-electron chi connectivity index (χ2n) is 5.40. The summed E-state index contributed by atoms with van der Waals surface area (Å²) in [5, 5.41) is 2.87. The van der Waals surface area contributed by atoms with Crippen LogP contribution in [0.1, 0.15) is 50.2 Å². The van der Waals surface area contributed by atoms with Crippen LogP contribution in [0.3, 0.4) is 0 Å². The minimum absolute atomic E-state index is 0.149. The first-order chi connectivity index (χ1) is 9.38. The van der Waals surface area contributed by atoms with Crippen LogP contribution in [0.15, 0.2) is 12.1 Å². The standard InChI is InChI=1S/C15H25N3O2/c1-5-7-12-8-11(9-13(16)18-12)14(19)17-10-15(3,4)20-6-2/h8-9H,5-7,10H2,1-4H3,(H2,16,18)(H,17,19). The summed E-state index contributed by atoms with van der Waals surface area (Å²) in [4.78, 5) is 16.4. The van der Waals surface area contributed by atoms with Crippen molar-refractivity contribution in [1.29, 1.82) is 0 Å². The number of aryl methyl sites for hydroxylation is 1. The topological polar surface area (TPSA) is 77.2 Å². The fraction of sp³-hybridized carbons (Fsp3) is 0.600. The predicted molar refractivity (Wildman–Crippen MR) is 80.7 cm³/mol. The number of carbonyl (C=O) groups is 1. The SMILES string of the molecule is CCCc1cc(C(=O)NCC(C)(C)OCC)cc(N)n1. The Morgan fingerprint density at radius 2 is 2.10 bits per heavy atom. The predicted octanol–water partition coefficient (Wildman–Crippen LogP) is 2.16. The van der Waals surface area contributed by atoms with Crippen molar-refractivity contribution in [2.24, 2.45) is 0 Å². The van der Waals surface area contributed by atoms with Gasteiger partial charge in [0.05, 0.1) is 5.60 Å². The van der Waals surface area contributed by atoms with Crippen LogP contribution in [-0.4, -0.2) is 29.6 Å². The van der Waals surface area contributed by atoms with Crippen LogP contribution < -0.4 is 11.1 Å². The number of carbonyl (C=O) groups excluding carboxylic acids is 1. The fourth-order valence-corrected chi connectivity index (χ4v) is 1.96. The van der Waals surface area contributed by atoms with E-state index in [9.17, 15) is 4.79 Å². The number of aromatic nitrogens is 1. The monoisotopic (exact) mass is 279 g/mol. The molecule has 20 heavy (non-hydrogen) atoms. The summed E-state index contributed by atoms with van der Waals surface area (Å²) in [6.45, 7) is 8.95. The molecule has 0 unspecified atom stereocenters. The number of nitrogen functional groups attached to an aromatic ring is 1. The number of pyridine rings is 1. The molecule has 0 bridgehead atoms. The zero-order valence-corrected chi connectivity index (χ0v) is 12.8. The van der Waals surface area contributed by atoms with E-state index in [1.807, 2.05) is 20.8 Å². The van der Waals surface area contributed by atoms with Crippen molar-refractivity contribution >= 4 is 11.7 Å². The molecule has 1 heterocycles. The molecule has 0 aliphatic heterocycles. The number of hydrogen-bond acceptors (Lipinski definition) is 4. The Balaban J connectivity index is 2.72. The highest BCUT2D eigenvalue weighted by atomic mass is 16.5. The van der Waals surface area contributed by atoms with Gasteiger partial charge in [-0.3, -0.25) is 4.79 Å². The Morgan fingerprint density at radius 3 is 2.70 bits per heavy atom. The molecule has 5 nitrogen and oxygen atoms in total. The van der Waals surface area contributed by atoms with E-state index in [1.54, 1.807) is 12.1 Å². The molecule has 0 saturated carbocycles. The third kappa shape index (κ3) is 5.17. The molecule has 1 aromatic heterocycles. The maximum Gasteiger partial charge on any atom is 0.251 e. The number of nitrogens with one attached hydrogen (secondary N) is 1. The molecule has 0 aromatic carbocycles. The van der Waals surface area contributed by atoms with E-state index in [4.69, 9.17) is 10.5 Å². The van der Waals surface area contributed by atoms with Crippen LogP contribution in [0.5, 0.6) is 0 Å². The number of amides is 1. The molecule has 1 amide bonds. The Bertz CT molecular complexity index is 458. The van der Waals surface area contributed by atoms with Crippen LogP contribution in [-0.2, 0) is 11.2 Å². The molecule has 112 valence electrons. The van der Waals surface area contributed by atoms with E-state index >= 15 is 0 Å². The van der Waals surface area contributed by atoms with Gasteiger partial charge in [0.1, 0.15) is 5.82 Å². The average Bonchev–Trinajstić information content (AvgIpc) is 2.35. The maximum atomic E-state index is 12.2. The molecule has 0 atom stereocenters. The Kier molecular flexibility index (Phi) is 5.95. The molecule has 3 N–H and O–H groups in total. The lowest BCUT2D eigenvalue weighted by Gasteiger charge is -2.24. The van der Waals surface area contributed by atoms with Gasteiger partial charge in [-0.2, -0.15) is 0 Å². The number of anilines is 1. The largest absolute Gasteiger partial charge is 0.384 e. The van der Waals surface area contributed by atoms with Crippen molar-refractivity contribution in [3.05, 3.63) is 23.4 Å². The van der Waals surface area contributed by atoms with Crippen molar-refractivity contribution in [1.82, 2.24) is 10.3 Å². The second kappa shape index (κ2) is 7.24. The molecular formula is C15H25N3O2. The number of rotatable bonds is 7. The Morgan fingerprint density at radius 1 is 1.40 bits per heavy atom. The zero-order chi connectivity index (χ0) is 15.2. The normalized spacial score (nSPS) is 11.4. The number of ether oxygens (including phenoxy) is 1. The minimum atomic E-state index is -0.380. The van der Waals surface area contributed by atoms with Crippen LogP contribution in [0.4, 0.5) is 5.82 Å². The Labute approximate surface area is 120 Å². The van der Waals surface area contributed by atoms with E-state index in [0.29, 0.717) is 24.5 Å². The van der Waals surface area contributed by atoms with E-state index in [-0.39, 0.29) is 11.5 Å². The summed E-state index contributed by atoms with van der Waals surface area (Å²) in [7, 11) is 0. The lowest BCUT2D eigenvalue weighted by Crippen LogP contribution is -2.40. The van der Waals surface area contributed by atoms with Crippen molar-refractivity contribution in [2.75, 3.05) is 18.9 Å². The van der Waals surface area contributed by atoms with Gasteiger partial charge in [0.25, 0.3) is 5.91 Å². The molecule has 0 fully saturated rings. The van der Waals surface area contributed by atoms with Gasteiger partial charge in [0, 0.05) is 24.4 Å². The van der Waals surface area contributed by atoms with Gasteiger partial charge >= 0.3 is 0 Å². The first kappa shape index (κ1) is 16.4. The average molecular weight is 279 g/mol. The van der Waals surface area contributed by atoms with Gasteiger partial charge in [0.2, 0.25) is 0 Å². The van der Waals surface area contributed by atoms with E-state index < -0.39 is 0 Å².